The van der Waals surface area contributed by atoms with E-state index in [1.165, 1.54) is 25.2 Å². The zero-order valence-corrected chi connectivity index (χ0v) is 24.1. The highest BCUT2D eigenvalue weighted by atomic mass is 35.5. The molecule has 8 heteroatoms. The largest absolute Gasteiger partial charge is 0.493 e. The van der Waals surface area contributed by atoms with Gasteiger partial charge in [0.25, 0.3) is 5.91 Å². The lowest BCUT2D eigenvalue weighted by atomic mass is 9.76. The summed E-state index contributed by atoms with van der Waals surface area (Å²) >= 11 is 6.19. The van der Waals surface area contributed by atoms with Crippen molar-refractivity contribution < 1.29 is 29.0 Å². The van der Waals surface area contributed by atoms with Gasteiger partial charge in [-0.1, -0.05) is 83.9 Å². The van der Waals surface area contributed by atoms with Gasteiger partial charge in [0.1, 0.15) is 6.04 Å². The quantitative estimate of drug-likeness (QED) is 0.235. The Kier molecular flexibility index (Phi) is 8.31. The Morgan fingerprint density at radius 3 is 1.98 bits per heavy atom. The first-order valence-corrected chi connectivity index (χ1v) is 13.8. The van der Waals surface area contributed by atoms with Crippen LogP contribution in [0.2, 0.25) is 5.02 Å². The summed E-state index contributed by atoms with van der Waals surface area (Å²) in [6.07, 6.45) is 0. The number of Topliss-reactive ketones (excluding diaryl/α,β-unsaturated/α-hetero) is 1. The van der Waals surface area contributed by atoms with E-state index >= 15 is 0 Å². The smallest absolute Gasteiger partial charge is 0.327 e. The van der Waals surface area contributed by atoms with E-state index in [1.807, 2.05) is 37.3 Å². The molecule has 1 saturated heterocycles. The molecule has 1 N–H and O–H groups in total. The maximum atomic E-state index is 14.4. The normalized spacial score (nSPS) is 19.8. The molecule has 0 bridgehead atoms. The number of ether oxygens (including phenoxy) is 2. The SMILES string of the molecule is COc1ccc(C(=O)N2C(C(=O)O)C(c3ccc(Cl)cc3)C(C(=O)c3ccccc3)C2c2ccc(C)cc2)cc1OC. The molecule has 4 aromatic rings. The molecular weight excluding hydrogens is 554 g/mol. The number of aryl methyl sites for hydroxylation is 1. The highest BCUT2D eigenvalue weighted by molar-refractivity contribution is 6.30. The molecule has 4 atom stereocenters. The number of nitrogens with zero attached hydrogens (tertiary/aromatic N) is 1. The minimum absolute atomic E-state index is 0.207. The van der Waals surface area contributed by atoms with Crippen molar-refractivity contribution in [3.63, 3.8) is 0 Å². The third kappa shape index (κ3) is 5.35. The number of carboxylic acid groups (broad SMARTS) is 1. The van der Waals surface area contributed by atoms with Crippen LogP contribution in [0.3, 0.4) is 0 Å². The van der Waals surface area contributed by atoms with Gasteiger partial charge in [0, 0.05) is 22.1 Å². The molecule has 0 saturated carbocycles. The number of amides is 1. The Balaban J connectivity index is 1.77. The van der Waals surface area contributed by atoms with Gasteiger partial charge in [-0.15, -0.1) is 0 Å². The predicted molar refractivity (Wildman–Crippen MR) is 160 cm³/mol. The molecule has 0 aromatic heterocycles. The lowest BCUT2D eigenvalue weighted by Gasteiger charge is -2.30. The molecule has 1 heterocycles. The highest BCUT2D eigenvalue weighted by Crippen LogP contribution is 2.52. The molecule has 42 heavy (non-hydrogen) atoms. The first kappa shape index (κ1) is 28.9. The number of benzene rings is 4. The van der Waals surface area contributed by atoms with Crippen molar-refractivity contribution in [2.45, 2.75) is 24.9 Å². The molecule has 1 amide bonds. The number of hydrogen-bond donors (Lipinski definition) is 1. The highest BCUT2D eigenvalue weighted by Gasteiger charge is 2.57. The number of ketones is 1. The monoisotopic (exact) mass is 583 g/mol. The number of hydrogen-bond acceptors (Lipinski definition) is 5. The number of likely N-dealkylation sites (tertiary alicyclic amines) is 1. The lowest BCUT2D eigenvalue weighted by Crippen LogP contribution is -2.43. The fourth-order valence-electron chi connectivity index (χ4n) is 5.86. The second-order valence-corrected chi connectivity index (χ2v) is 10.7. The number of halogens is 1. The van der Waals surface area contributed by atoms with E-state index < -0.39 is 35.8 Å². The van der Waals surface area contributed by atoms with Crippen LogP contribution in [0.1, 0.15) is 49.4 Å². The van der Waals surface area contributed by atoms with Gasteiger partial charge in [-0.2, -0.15) is 0 Å². The summed E-state index contributed by atoms with van der Waals surface area (Å²) in [5.41, 5.74) is 2.89. The fraction of sp³-hybridized carbons (Fsp3) is 0.206. The van der Waals surface area contributed by atoms with Crippen molar-refractivity contribution in [3.8, 4) is 11.5 Å². The van der Waals surface area contributed by atoms with Gasteiger partial charge in [0.15, 0.2) is 17.3 Å². The summed E-state index contributed by atoms with van der Waals surface area (Å²) < 4.78 is 10.8. The van der Waals surface area contributed by atoms with Crippen LogP contribution in [0.15, 0.2) is 97.1 Å². The standard InChI is InChI=1S/C34H30ClNO6/c1-20-9-11-22(12-10-20)30-29(32(37)23-7-5-4-6-8-23)28(21-13-16-25(35)17-14-21)31(34(39)40)36(30)33(38)24-15-18-26(41-2)27(19-24)42-3/h4-19,28-31H,1-3H3,(H,39,40). The number of rotatable bonds is 8. The Morgan fingerprint density at radius 2 is 1.38 bits per heavy atom. The van der Waals surface area contributed by atoms with Crippen LogP contribution in [0.25, 0.3) is 0 Å². The zero-order chi connectivity index (χ0) is 30.0. The molecule has 5 rings (SSSR count). The topological polar surface area (TPSA) is 93.1 Å². The van der Waals surface area contributed by atoms with Crippen LogP contribution in [0.5, 0.6) is 11.5 Å². The van der Waals surface area contributed by atoms with Crippen LogP contribution in [0, 0.1) is 12.8 Å². The summed E-state index contributed by atoms with van der Waals surface area (Å²) in [4.78, 5) is 43.4. The van der Waals surface area contributed by atoms with Crippen LogP contribution >= 0.6 is 11.6 Å². The lowest BCUT2D eigenvalue weighted by molar-refractivity contribution is -0.142. The van der Waals surface area contributed by atoms with E-state index in [-0.39, 0.29) is 11.3 Å². The van der Waals surface area contributed by atoms with Gasteiger partial charge in [-0.05, 0) is 48.4 Å². The molecule has 7 nitrogen and oxygen atoms in total. The Bertz CT molecular complexity index is 1600. The first-order chi connectivity index (χ1) is 20.2. The fourth-order valence-corrected chi connectivity index (χ4v) is 5.99. The third-order valence-corrected chi connectivity index (χ3v) is 8.07. The maximum Gasteiger partial charge on any atom is 0.327 e. The van der Waals surface area contributed by atoms with E-state index in [9.17, 15) is 19.5 Å². The van der Waals surface area contributed by atoms with Crippen molar-refractivity contribution in [1.82, 2.24) is 4.90 Å². The minimum atomic E-state index is -1.37. The number of aliphatic carboxylic acids is 1. The number of carbonyl (C=O) groups excluding carboxylic acids is 2. The Morgan fingerprint density at radius 1 is 0.762 bits per heavy atom. The molecule has 0 aliphatic carbocycles. The van der Waals surface area contributed by atoms with Crippen molar-refractivity contribution in [2.75, 3.05) is 14.2 Å². The van der Waals surface area contributed by atoms with Crippen LogP contribution in [-0.2, 0) is 4.79 Å². The summed E-state index contributed by atoms with van der Waals surface area (Å²) in [6.45, 7) is 1.94. The molecule has 4 aromatic carbocycles. The molecule has 1 aliphatic heterocycles. The van der Waals surface area contributed by atoms with Crippen LogP contribution in [0.4, 0.5) is 0 Å². The van der Waals surface area contributed by atoms with E-state index in [0.29, 0.717) is 33.2 Å². The summed E-state index contributed by atoms with van der Waals surface area (Å²) in [5.74, 6) is -3.05. The molecule has 0 spiro atoms. The predicted octanol–water partition coefficient (Wildman–Crippen LogP) is 6.60. The van der Waals surface area contributed by atoms with E-state index in [0.717, 1.165) is 5.56 Å². The van der Waals surface area contributed by atoms with Gasteiger partial charge >= 0.3 is 5.97 Å². The van der Waals surface area contributed by atoms with Crippen LogP contribution in [-0.4, -0.2) is 47.9 Å². The third-order valence-electron chi connectivity index (χ3n) is 7.82. The maximum absolute atomic E-state index is 14.4. The van der Waals surface area contributed by atoms with Crippen molar-refractivity contribution in [1.29, 1.82) is 0 Å². The number of carboxylic acids is 1. The van der Waals surface area contributed by atoms with Crippen LogP contribution < -0.4 is 9.47 Å². The molecule has 1 fully saturated rings. The molecular formula is C34H30ClNO6. The van der Waals surface area contributed by atoms with Crippen molar-refractivity contribution in [2.24, 2.45) is 5.92 Å². The van der Waals surface area contributed by atoms with E-state index in [2.05, 4.69) is 0 Å². The molecule has 0 radical (unpaired) electrons. The summed E-state index contributed by atoms with van der Waals surface area (Å²) in [7, 11) is 2.95. The zero-order valence-electron chi connectivity index (χ0n) is 23.4. The number of methoxy groups -OCH3 is 2. The Labute approximate surface area is 249 Å². The number of carbonyl (C=O) groups is 3. The van der Waals surface area contributed by atoms with Crippen molar-refractivity contribution >= 4 is 29.3 Å². The average molecular weight is 584 g/mol. The minimum Gasteiger partial charge on any atom is -0.493 e. The second kappa shape index (κ2) is 12.1. The summed E-state index contributed by atoms with van der Waals surface area (Å²) in [6, 6.07) is 25.5. The molecule has 214 valence electrons. The molecule has 4 unspecified atom stereocenters. The van der Waals surface area contributed by atoms with Gasteiger partial charge in [0.2, 0.25) is 0 Å². The van der Waals surface area contributed by atoms with Gasteiger partial charge in [-0.25, -0.2) is 4.79 Å². The van der Waals surface area contributed by atoms with Crippen molar-refractivity contribution in [3.05, 3.63) is 130 Å². The average Bonchev–Trinajstić information content (AvgIpc) is 3.37. The van der Waals surface area contributed by atoms with Gasteiger partial charge in [-0.3, -0.25) is 9.59 Å². The van der Waals surface area contributed by atoms with E-state index in [1.54, 1.807) is 60.7 Å². The molecule has 1 aliphatic rings. The Hall–Kier alpha value is -4.62. The van der Waals surface area contributed by atoms with Gasteiger partial charge < -0.3 is 19.5 Å². The first-order valence-electron chi connectivity index (χ1n) is 13.4. The summed E-state index contributed by atoms with van der Waals surface area (Å²) in [5, 5.41) is 11.2. The van der Waals surface area contributed by atoms with E-state index in [4.69, 9.17) is 21.1 Å². The van der Waals surface area contributed by atoms with Gasteiger partial charge in [0.05, 0.1) is 26.2 Å². The second-order valence-electron chi connectivity index (χ2n) is 10.3.